The van der Waals surface area contributed by atoms with E-state index in [1.54, 1.807) is 0 Å². The highest BCUT2D eigenvalue weighted by atomic mass is 32.1. The van der Waals surface area contributed by atoms with E-state index >= 15 is 0 Å². The van der Waals surface area contributed by atoms with Crippen LogP contribution >= 0.6 is 11.3 Å². The Kier molecular flexibility index (Phi) is 6.00. The lowest BCUT2D eigenvalue weighted by Crippen LogP contribution is -2.17. The van der Waals surface area contributed by atoms with E-state index in [2.05, 4.69) is 171 Å². The molecule has 1 aromatic heterocycles. The van der Waals surface area contributed by atoms with Crippen molar-refractivity contribution in [1.29, 1.82) is 0 Å². The first kappa shape index (κ1) is 27.2. The van der Waals surface area contributed by atoms with Crippen molar-refractivity contribution in [2.24, 2.45) is 0 Å². The summed E-state index contributed by atoms with van der Waals surface area (Å²) in [6.07, 6.45) is 0. The highest BCUT2D eigenvalue weighted by Crippen LogP contribution is 2.56. The molecule has 9 rings (SSSR count). The fourth-order valence-corrected chi connectivity index (χ4v) is 8.85. The van der Waals surface area contributed by atoms with E-state index in [-0.39, 0.29) is 5.41 Å². The van der Waals surface area contributed by atoms with Gasteiger partial charge >= 0.3 is 0 Å². The number of benzene rings is 7. The molecule has 0 fully saturated rings. The van der Waals surface area contributed by atoms with Crippen LogP contribution in [0.25, 0.3) is 53.2 Å². The molecule has 1 nitrogen and oxygen atoms in total. The number of hydrogen-bond donors (Lipinski definition) is 0. The molecule has 0 amide bonds. The first-order valence-corrected chi connectivity index (χ1v) is 16.8. The molecule has 0 radical (unpaired) electrons. The average molecular weight is 608 g/mol. The highest BCUT2D eigenvalue weighted by molar-refractivity contribution is 7.26. The van der Waals surface area contributed by atoms with Crippen molar-refractivity contribution >= 4 is 59.3 Å². The lowest BCUT2D eigenvalue weighted by Gasteiger charge is -2.30. The summed E-state index contributed by atoms with van der Waals surface area (Å²) in [5.41, 5.74) is 12.7. The van der Waals surface area contributed by atoms with E-state index in [0.29, 0.717) is 0 Å². The molecule has 0 N–H and O–H groups in total. The third-order valence-electron chi connectivity index (χ3n) is 9.89. The first-order valence-electron chi connectivity index (χ1n) is 16.0. The molecule has 0 aliphatic heterocycles. The lowest BCUT2D eigenvalue weighted by atomic mass is 9.81. The summed E-state index contributed by atoms with van der Waals surface area (Å²) in [7, 11) is 0. The zero-order valence-electron chi connectivity index (χ0n) is 26.2. The van der Waals surface area contributed by atoms with Crippen molar-refractivity contribution in [3.05, 3.63) is 162 Å². The normalized spacial score (nSPS) is 13.3. The summed E-state index contributed by atoms with van der Waals surface area (Å²) in [5, 5.41) is 5.19. The Morgan fingerprint density at radius 3 is 2.07 bits per heavy atom. The van der Waals surface area contributed by atoms with Gasteiger partial charge in [-0.3, -0.25) is 0 Å². The number of hydrogen-bond acceptors (Lipinski definition) is 2. The molecule has 220 valence electrons. The average Bonchev–Trinajstić information content (AvgIpc) is 3.58. The predicted molar refractivity (Wildman–Crippen MR) is 199 cm³/mol. The van der Waals surface area contributed by atoms with E-state index < -0.39 is 0 Å². The van der Waals surface area contributed by atoms with E-state index in [9.17, 15) is 0 Å². The molecule has 0 saturated heterocycles. The number of fused-ring (bicyclic) bond motifs is 8. The molecule has 0 unspecified atom stereocenters. The van der Waals surface area contributed by atoms with E-state index in [1.807, 2.05) is 11.3 Å². The fraction of sp³-hybridized carbons (Fsp3) is 0.0909. The maximum atomic E-state index is 2.52. The molecular formula is C44H33NS. The van der Waals surface area contributed by atoms with Gasteiger partial charge in [-0.25, -0.2) is 0 Å². The summed E-state index contributed by atoms with van der Waals surface area (Å²) in [5.74, 6) is 0. The highest BCUT2D eigenvalue weighted by Gasteiger charge is 2.38. The Bertz CT molecular complexity index is 2470. The Morgan fingerprint density at radius 1 is 0.522 bits per heavy atom. The minimum Gasteiger partial charge on any atom is -0.308 e. The molecule has 0 atom stereocenters. The van der Waals surface area contributed by atoms with Gasteiger partial charge in [0.25, 0.3) is 0 Å². The van der Waals surface area contributed by atoms with Crippen LogP contribution in [0.2, 0.25) is 0 Å². The minimum absolute atomic E-state index is 0.171. The molecule has 2 heteroatoms. The van der Waals surface area contributed by atoms with Crippen molar-refractivity contribution in [2.45, 2.75) is 26.2 Å². The monoisotopic (exact) mass is 607 g/mol. The summed E-state index contributed by atoms with van der Waals surface area (Å²) >= 11 is 1.89. The van der Waals surface area contributed by atoms with Gasteiger partial charge in [0, 0.05) is 32.0 Å². The zero-order valence-corrected chi connectivity index (χ0v) is 27.0. The number of rotatable bonds is 4. The largest absolute Gasteiger partial charge is 0.308 e. The zero-order chi connectivity index (χ0) is 31.0. The van der Waals surface area contributed by atoms with Crippen LogP contribution in [0.1, 0.15) is 30.5 Å². The summed E-state index contributed by atoms with van der Waals surface area (Å²) in [6.45, 7) is 6.98. The third kappa shape index (κ3) is 4.00. The van der Waals surface area contributed by atoms with Gasteiger partial charge in [0.1, 0.15) is 0 Å². The van der Waals surface area contributed by atoms with Gasteiger partial charge in [0.2, 0.25) is 0 Å². The Morgan fingerprint density at radius 2 is 1.24 bits per heavy atom. The first-order chi connectivity index (χ1) is 22.5. The second kappa shape index (κ2) is 10.2. The van der Waals surface area contributed by atoms with Crippen LogP contribution in [-0.2, 0) is 5.41 Å². The molecule has 0 spiro atoms. The van der Waals surface area contributed by atoms with Crippen molar-refractivity contribution < 1.29 is 0 Å². The molecule has 8 aromatic rings. The summed E-state index contributed by atoms with van der Waals surface area (Å²) in [4.78, 5) is 2.52. The minimum atomic E-state index is -0.171. The van der Waals surface area contributed by atoms with Crippen LogP contribution in [0.15, 0.2) is 146 Å². The van der Waals surface area contributed by atoms with Crippen LogP contribution in [0.4, 0.5) is 17.1 Å². The number of thiophene rings is 1. The van der Waals surface area contributed by atoms with Crippen LogP contribution < -0.4 is 4.90 Å². The lowest BCUT2D eigenvalue weighted by molar-refractivity contribution is 0.661. The quantitative estimate of drug-likeness (QED) is 0.192. The Hall–Kier alpha value is -5.18. The van der Waals surface area contributed by atoms with Crippen LogP contribution in [0, 0.1) is 6.92 Å². The molecule has 1 aliphatic carbocycles. The molecule has 7 aromatic carbocycles. The van der Waals surface area contributed by atoms with Gasteiger partial charge < -0.3 is 4.90 Å². The SMILES string of the molecule is Cc1cccc(N(c2cc3c(c4ccccc24)-c2ccc(-c4ccccc4)cc2C3(C)C)c2cccc3c2sc2ccccc23)c1. The van der Waals surface area contributed by atoms with Gasteiger partial charge in [-0.1, -0.05) is 123 Å². The van der Waals surface area contributed by atoms with Gasteiger partial charge in [-0.15, -0.1) is 11.3 Å². The van der Waals surface area contributed by atoms with Crippen LogP contribution in [0.3, 0.4) is 0 Å². The number of nitrogens with zero attached hydrogens (tertiary/aromatic N) is 1. The van der Waals surface area contributed by atoms with E-state index in [0.717, 1.165) is 0 Å². The summed E-state index contributed by atoms with van der Waals surface area (Å²) in [6, 6.07) is 53.9. The predicted octanol–water partition coefficient (Wildman–Crippen LogP) is 13.0. The van der Waals surface area contributed by atoms with Gasteiger partial charge in [-0.2, -0.15) is 0 Å². The second-order valence-electron chi connectivity index (χ2n) is 13.0. The number of anilines is 3. The molecule has 1 aliphatic rings. The smallest absolute Gasteiger partial charge is 0.0640 e. The third-order valence-corrected chi connectivity index (χ3v) is 11.1. The fourth-order valence-electron chi connectivity index (χ4n) is 7.64. The molecule has 1 heterocycles. The molecule has 0 bridgehead atoms. The van der Waals surface area contributed by atoms with Crippen molar-refractivity contribution in [1.82, 2.24) is 0 Å². The Balaban J connectivity index is 1.34. The standard InChI is InChI=1S/C44H33NS/c1-28-13-11-16-31(25-28)45(39-21-12-20-35-33-18-9-10-22-41(33)46-43(35)39)40-27-38-42(34-19-8-7-17-32(34)40)36-24-23-30(26-37(36)44(38,2)3)29-14-5-4-6-15-29/h4-27H,1-3H3. The summed E-state index contributed by atoms with van der Waals surface area (Å²) < 4.78 is 2.63. The molecule has 0 saturated carbocycles. The molecule has 46 heavy (non-hydrogen) atoms. The maximum Gasteiger partial charge on any atom is 0.0640 e. The Labute approximate surface area is 274 Å². The maximum absolute atomic E-state index is 2.52. The van der Waals surface area contributed by atoms with E-state index in [4.69, 9.17) is 0 Å². The molecular weight excluding hydrogens is 575 g/mol. The van der Waals surface area contributed by atoms with Gasteiger partial charge in [0.05, 0.1) is 16.1 Å². The number of aryl methyl sites for hydroxylation is 1. The van der Waals surface area contributed by atoms with Crippen LogP contribution in [-0.4, -0.2) is 0 Å². The van der Waals surface area contributed by atoms with Crippen molar-refractivity contribution in [3.8, 4) is 22.3 Å². The topological polar surface area (TPSA) is 3.24 Å². The van der Waals surface area contributed by atoms with Crippen molar-refractivity contribution in [2.75, 3.05) is 4.90 Å². The van der Waals surface area contributed by atoms with Gasteiger partial charge in [0.15, 0.2) is 0 Å². The van der Waals surface area contributed by atoms with Gasteiger partial charge in [-0.05, 0) is 87.7 Å². The van der Waals surface area contributed by atoms with Crippen LogP contribution in [0.5, 0.6) is 0 Å². The van der Waals surface area contributed by atoms with Crippen molar-refractivity contribution in [3.63, 3.8) is 0 Å². The second-order valence-corrected chi connectivity index (χ2v) is 14.1. The van der Waals surface area contributed by atoms with E-state index in [1.165, 1.54) is 87.0 Å².